The van der Waals surface area contributed by atoms with E-state index in [9.17, 15) is 0 Å². The van der Waals surface area contributed by atoms with Crippen molar-refractivity contribution in [3.63, 3.8) is 0 Å². The topological polar surface area (TPSA) is 23.8 Å². The lowest BCUT2D eigenvalue weighted by Gasteiger charge is -2.12. The molecule has 0 amide bonds. The lowest BCUT2D eigenvalue weighted by atomic mass is 9.90. The number of rotatable bonds is 4. The highest BCUT2D eigenvalue weighted by molar-refractivity contribution is 4.99. The highest BCUT2D eigenvalue weighted by Crippen LogP contribution is 2.20. The average Bonchev–Trinajstić information content (AvgIpc) is 1.99. The summed E-state index contributed by atoms with van der Waals surface area (Å²) in [6, 6.07) is 2.26. The fourth-order valence-electron chi connectivity index (χ4n) is 0.693. The van der Waals surface area contributed by atoms with Crippen LogP contribution in [0.25, 0.3) is 0 Å². The Balaban J connectivity index is 3.64. The molecule has 0 bridgehead atoms. The molecule has 0 aliphatic carbocycles. The average molecular weight is 149 g/mol. The quantitative estimate of drug-likeness (QED) is 0.563. The van der Waals surface area contributed by atoms with Gasteiger partial charge in [0.1, 0.15) is 0 Å². The molecule has 0 rings (SSSR count). The fourth-order valence-corrected chi connectivity index (χ4v) is 0.693. The maximum absolute atomic E-state index is 8.66. The smallest absolute Gasteiger partial charge is 0.0684 e. The van der Waals surface area contributed by atoms with E-state index in [-0.39, 0.29) is 5.41 Å². The summed E-state index contributed by atoms with van der Waals surface area (Å²) in [4.78, 5) is 0. The minimum Gasteiger partial charge on any atom is -0.198 e. The molecule has 0 saturated heterocycles. The maximum atomic E-state index is 8.66. The molecule has 0 aliphatic rings. The third kappa shape index (κ3) is 5.42. The summed E-state index contributed by atoms with van der Waals surface area (Å²) in [6.07, 6.45) is 7.55. The Morgan fingerprint density at radius 3 is 2.64 bits per heavy atom. The first-order valence-corrected chi connectivity index (χ1v) is 3.81. The summed E-state index contributed by atoms with van der Waals surface area (Å²) in [5.74, 6) is 0. The zero-order valence-corrected chi connectivity index (χ0v) is 7.30. The van der Waals surface area contributed by atoms with Crippen molar-refractivity contribution in [1.29, 1.82) is 5.26 Å². The van der Waals surface area contributed by atoms with Gasteiger partial charge in [0.15, 0.2) is 0 Å². The number of allylic oxidation sites excluding steroid dienone is 3. The first-order chi connectivity index (χ1) is 5.12. The van der Waals surface area contributed by atoms with Crippen LogP contribution >= 0.6 is 0 Å². The van der Waals surface area contributed by atoms with Gasteiger partial charge in [0.05, 0.1) is 11.5 Å². The molecule has 0 aromatic heterocycles. The Hall–Kier alpha value is -1.03. The van der Waals surface area contributed by atoms with Gasteiger partial charge in [-0.15, -0.1) is 0 Å². The van der Waals surface area contributed by atoms with Crippen LogP contribution < -0.4 is 0 Å². The largest absolute Gasteiger partial charge is 0.198 e. The Kier molecular flexibility index (Phi) is 4.29. The van der Waals surface area contributed by atoms with Gasteiger partial charge in [0, 0.05) is 0 Å². The molecule has 0 aromatic carbocycles. The summed E-state index contributed by atoms with van der Waals surface area (Å²) >= 11 is 0. The molecule has 0 aromatic rings. The molecule has 0 N–H and O–H groups in total. The SMILES string of the molecule is C=CC=CCCC(C)(C)C#N. The van der Waals surface area contributed by atoms with E-state index >= 15 is 0 Å². The monoisotopic (exact) mass is 149 g/mol. The maximum Gasteiger partial charge on any atom is 0.0684 e. The van der Waals surface area contributed by atoms with Crippen molar-refractivity contribution in [2.45, 2.75) is 26.7 Å². The molecule has 0 heterocycles. The minimum absolute atomic E-state index is 0.189. The molecule has 0 atom stereocenters. The summed E-state index contributed by atoms with van der Waals surface area (Å²) < 4.78 is 0. The van der Waals surface area contributed by atoms with Gasteiger partial charge in [-0.3, -0.25) is 0 Å². The van der Waals surface area contributed by atoms with Crippen LogP contribution in [0.1, 0.15) is 26.7 Å². The lowest BCUT2D eigenvalue weighted by Crippen LogP contribution is -2.06. The van der Waals surface area contributed by atoms with Crippen molar-refractivity contribution in [2.24, 2.45) is 5.41 Å². The molecule has 0 aliphatic heterocycles. The van der Waals surface area contributed by atoms with Crippen molar-refractivity contribution in [3.05, 3.63) is 24.8 Å². The number of nitrogens with zero attached hydrogens (tertiary/aromatic N) is 1. The number of hydrogen-bond donors (Lipinski definition) is 0. The molecule has 1 nitrogen and oxygen atoms in total. The van der Waals surface area contributed by atoms with Crippen LogP contribution in [-0.4, -0.2) is 0 Å². The van der Waals surface area contributed by atoms with Gasteiger partial charge < -0.3 is 0 Å². The van der Waals surface area contributed by atoms with Crippen molar-refractivity contribution in [1.82, 2.24) is 0 Å². The molecule has 60 valence electrons. The van der Waals surface area contributed by atoms with Crippen molar-refractivity contribution >= 4 is 0 Å². The van der Waals surface area contributed by atoms with Crippen molar-refractivity contribution in [3.8, 4) is 6.07 Å². The number of hydrogen-bond acceptors (Lipinski definition) is 1. The predicted molar refractivity (Wildman–Crippen MR) is 48.0 cm³/mol. The first-order valence-electron chi connectivity index (χ1n) is 3.81. The summed E-state index contributed by atoms with van der Waals surface area (Å²) in [6.45, 7) is 7.47. The van der Waals surface area contributed by atoms with Crippen LogP contribution in [0.3, 0.4) is 0 Å². The van der Waals surface area contributed by atoms with Crippen LogP contribution in [0.4, 0.5) is 0 Å². The van der Waals surface area contributed by atoms with E-state index in [1.54, 1.807) is 6.08 Å². The first kappa shape index (κ1) is 9.97. The van der Waals surface area contributed by atoms with Gasteiger partial charge in [-0.2, -0.15) is 5.26 Å². The normalized spacial score (nSPS) is 11.4. The molecular formula is C10H15N. The zero-order chi connectivity index (χ0) is 8.74. The second kappa shape index (κ2) is 4.73. The molecule has 0 spiro atoms. The third-order valence-corrected chi connectivity index (χ3v) is 1.51. The predicted octanol–water partition coefficient (Wildman–Crippen LogP) is 3.06. The van der Waals surface area contributed by atoms with E-state index in [1.807, 2.05) is 26.0 Å². The van der Waals surface area contributed by atoms with Crippen LogP contribution in [0.5, 0.6) is 0 Å². The Bertz CT molecular complexity index is 182. The minimum atomic E-state index is -0.189. The molecule has 1 heteroatoms. The Morgan fingerprint density at radius 2 is 2.18 bits per heavy atom. The highest BCUT2D eigenvalue weighted by Gasteiger charge is 2.14. The van der Waals surface area contributed by atoms with E-state index in [2.05, 4.69) is 12.6 Å². The summed E-state index contributed by atoms with van der Waals surface area (Å²) in [7, 11) is 0. The second-order valence-electron chi connectivity index (χ2n) is 3.20. The fraction of sp³-hybridized carbons (Fsp3) is 0.500. The van der Waals surface area contributed by atoms with E-state index in [4.69, 9.17) is 5.26 Å². The Morgan fingerprint density at radius 1 is 1.55 bits per heavy atom. The van der Waals surface area contributed by atoms with Gasteiger partial charge in [-0.1, -0.05) is 24.8 Å². The highest BCUT2D eigenvalue weighted by atomic mass is 14.3. The van der Waals surface area contributed by atoms with Crippen molar-refractivity contribution in [2.75, 3.05) is 0 Å². The third-order valence-electron chi connectivity index (χ3n) is 1.51. The molecule has 0 radical (unpaired) electrons. The summed E-state index contributed by atoms with van der Waals surface area (Å²) in [5, 5.41) is 8.66. The van der Waals surface area contributed by atoms with Gasteiger partial charge in [-0.25, -0.2) is 0 Å². The molecule has 0 saturated carbocycles. The van der Waals surface area contributed by atoms with Crippen molar-refractivity contribution < 1.29 is 0 Å². The second-order valence-corrected chi connectivity index (χ2v) is 3.20. The molecular weight excluding hydrogens is 134 g/mol. The summed E-state index contributed by atoms with van der Waals surface area (Å²) in [5.41, 5.74) is -0.189. The molecule has 11 heavy (non-hydrogen) atoms. The molecule has 0 fully saturated rings. The standard InChI is InChI=1S/C10H15N/c1-4-5-6-7-8-10(2,3)9-11/h4-6H,1,7-8H2,2-3H3. The Labute approximate surface area is 69.0 Å². The van der Waals surface area contributed by atoms with Gasteiger partial charge in [0.2, 0.25) is 0 Å². The lowest BCUT2D eigenvalue weighted by molar-refractivity contribution is 0.457. The van der Waals surface area contributed by atoms with Gasteiger partial charge in [0.25, 0.3) is 0 Å². The van der Waals surface area contributed by atoms with Crippen LogP contribution in [0, 0.1) is 16.7 Å². The van der Waals surface area contributed by atoms with Gasteiger partial charge in [-0.05, 0) is 26.7 Å². The van der Waals surface area contributed by atoms with Crippen LogP contribution in [0.15, 0.2) is 24.8 Å². The number of nitriles is 1. The van der Waals surface area contributed by atoms with E-state index in [1.165, 1.54) is 0 Å². The van der Waals surface area contributed by atoms with E-state index < -0.39 is 0 Å². The van der Waals surface area contributed by atoms with E-state index in [0.29, 0.717) is 0 Å². The van der Waals surface area contributed by atoms with Crippen LogP contribution in [-0.2, 0) is 0 Å². The van der Waals surface area contributed by atoms with Crippen LogP contribution in [0.2, 0.25) is 0 Å². The molecule has 0 unspecified atom stereocenters. The van der Waals surface area contributed by atoms with Gasteiger partial charge >= 0.3 is 0 Å². The zero-order valence-electron chi connectivity index (χ0n) is 7.30. The van der Waals surface area contributed by atoms with E-state index in [0.717, 1.165) is 12.8 Å².